The van der Waals surface area contributed by atoms with Crippen molar-refractivity contribution in [3.8, 4) is 5.75 Å². The van der Waals surface area contributed by atoms with Crippen molar-refractivity contribution in [1.82, 2.24) is 4.57 Å². The van der Waals surface area contributed by atoms with Crippen LogP contribution in [-0.4, -0.2) is 47.2 Å². The van der Waals surface area contributed by atoms with Gasteiger partial charge in [-0.1, -0.05) is 13.3 Å². The molecule has 21 heavy (non-hydrogen) atoms. The van der Waals surface area contributed by atoms with E-state index in [4.69, 9.17) is 9.47 Å². The first kappa shape index (κ1) is 15.5. The van der Waals surface area contributed by atoms with Crippen LogP contribution in [0.5, 0.6) is 5.75 Å². The Morgan fingerprint density at radius 1 is 1.38 bits per heavy atom. The third-order valence-corrected chi connectivity index (χ3v) is 3.56. The molecule has 1 aromatic heterocycles. The predicted molar refractivity (Wildman–Crippen MR) is 73.5 cm³/mol. The summed E-state index contributed by atoms with van der Waals surface area (Å²) < 4.78 is 11.8. The van der Waals surface area contributed by atoms with Gasteiger partial charge in [0.25, 0.3) is 0 Å². The molecule has 116 valence electrons. The molecule has 0 unspecified atom stereocenters. The Balaban J connectivity index is 2.53. The minimum Gasteiger partial charge on any atom is -0.487 e. The zero-order valence-electron chi connectivity index (χ0n) is 11.9. The van der Waals surface area contributed by atoms with Gasteiger partial charge in [-0.2, -0.15) is 0 Å². The third kappa shape index (κ3) is 2.66. The fourth-order valence-electron chi connectivity index (χ4n) is 2.19. The van der Waals surface area contributed by atoms with Crippen LogP contribution in [0.15, 0.2) is 17.1 Å². The smallest absolute Gasteiger partial charge is 0.359 e. The van der Waals surface area contributed by atoms with Gasteiger partial charge in [-0.25, -0.2) is 4.79 Å². The van der Waals surface area contributed by atoms with E-state index in [9.17, 15) is 19.8 Å². The largest absolute Gasteiger partial charge is 0.487 e. The van der Waals surface area contributed by atoms with E-state index in [1.165, 1.54) is 16.8 Å². The van der Waals surface area contributed by atoms with Crippen LogP contribution in [0, 0.1) is 0 Å². The number of aliphatic hydroxyl groups excluding tert-OH is 2. The highest BCUT2D eigenvalue weighted by atomic mass is 16.5. The van der Waals surface area contributed by atoms with E-state index in [0.29, 0.717) is 6.61 Å². The van der Waals surface area contributed by atoms with Crippen molar-refractivity contribution in [2.75, 3.05) is 26.4 Å². The summed E-state index contributed by atoms with van der Waals surface area (Å²) in [7, 11) is 0. The van der Waals surface area contributed by atoms with Gasteiger partial charge in [-0.05, 0) is 6.42 Å². The van der Waals surface area contributed by atoms with Gasteiger partial charge in [0.1, 0.15) is 12.1 Å². The van der Waals surface area contributed by atoms with Gasteiger partial charge in [0, 0.05) is 12.3 Å². The van der Waals surface area contributed by atoms with Crippen LogP contribution in [-0.2, 0) is 10.3 Å². The van der Waals surface area contributed by atoms with Gasteiger partial charge in [-0.3, -0.25) is 4.79 Å². The molecule has 0 saturated carbocycles. The molecule has 1 aliphatic rings. The first-order chi connectivity index (χ1) is 10.1. The highest BCUT2D eigenvalue weighted by Gasteiger charge is 2.41. The molecule has 0 radical (unpaired) electrons. The molecule has 2 heterocycles. The average molecular weight is 297 g/mol. The lowest BCUT2D eigenvalue weighted by molar-refractivity contribution is -0.0271. The third-order valence-electron chi connectivity index (χ3n) is 3.56. The van der Waals surface area contributed by atoms with E-state index in [2.05, 4.69) is 0 Å². The van der Waals surface area contributed by atoms with E-state index in [1.807, 2.05) is 6.92 Å². The summed E-state index contributed by atoms with van der Waals surface area (Å²) in [5, 5.41) is 19.1. The first-order valence-corrected chi connectivity index (χ1v) is 6.87. The van der Waals surface area contributed by atoms with Crippen molar-refractivity contribution in [3.05, 3.63) is 28.2 Å². The quantitative estimate of drug-likeness (QED) is 0.561. The Labute approximate surface area is 121 Å². The number of ether oxygens (including phenoxy) is 2. The summed E-state index contributed by atoms with van der Waals surface area (Å²) in [6.07, 6.45) is 3.00. The second kappa shape index (κ2) is 6.28. The number of cyclic esters (lactones) is 1. The van der Waals surface area contributed by atoms with E-state index < -0.39 is 30.2 Å². The molecule has 7 heteroatoms. The number of carbonyl (C=O) groups excluding carboxylic acids is 1. The maximum atomic E-state index is 12.0. The number of hydrogen-bond acceptors (Lipinski definition) is 6. The van der Waals surface area contributed by atoms with Gasteiger partial charge >= 0.3 is 5.97 Å². The van der Waals surface area contributed by atoms with Crippen LogP contribution in [0.3, 0.4) is 0 Å². The lowest BCUT2D eigenvalue weighted by Crippen LogP contribution is -2.51. The van der Waals surface area contributed by atoms with Crippen molar-refractivity contribution in [3.63, 3.8) is 0 Å². The average Bonchev–Trinajstić information content (AvgIpc) is 2.50. The van der Waals surface area contributed by atoms with Crippen LogP contribution in [0.25, 0.3) is 0 Å². The molecular formula is C14H19NO6. The number of carbonyl (C=O) groups is 1. The maximum absolute atomic E-state index is 12.0. The molecular weight excluding hydrogens is 278 g/mol. The number of unbranched alkanes of at least 4 members (excludes halogenated alkanes) is 1. The number of aliphatic hydroxyl groups is 2. The van der Waals surface area contributed by atoms with E-state index in [1.54, 1.807) is 0 Å². The van der Waals surface area contributed by atoms with Gasteiger partial charge in [0.15, 0.2) is 11.4 Å². The minimum atomic E-state index is -1.18. The molecule has 0 aliphatic carbocycles. The standard InChI is InChI=1S/C14H19NO6/c1-2-3-6-20-12-10(18)4-5-15-11(12)13(19)21-9-14(15,7-16)8-17/h4-5,16-17H,2-3,6-9H2,1H3. The van der Waals surface area contributed by atoms with Gasteiger partial charge in [0.05, 0.1) is 19.8 Å². The zero-order chi connectivity index (χ0) is 15.5. The van der Waals surface area contributed by atoms with Crippen LogP contribution < -0.4 is 10.2 Å². The van der Waals surface area contributed by atoms with Crippen molar-refractivity contribution < 1.29 is 24.5 Å². The molecule has 0 fully saturated rings. The lowest BCUT2D eigenvalue weighted by Gasteiger charge is -2.37. The molecule has 0 bridgehead atoms. The lowest BCUT2D eigenvalue weighted by atomic mass is 10.00. The van der Waals surface area contributed by atoms with Gasteiger partial charge in [-0.15, -0.1) is 0 Å². The highest BCUT2D eigenvalue weighted by molar-refractivity contribution is 5.91. The molecule has 2 rings (SSSR count). The van der Waals surface area contributed by atoms with Crippen molar-refractivity contribution in [1.29, 1.82) is 0 Å². The molecule has 0 spiro atoms. The van der Waals surface area contributed by atoms with Crippen molar-refractivity contribution in [2.45, 2.75) is 25.3 Å². The highest BCUT2D eigenvalue weighted by Crippen LogP contribution is 2.28. The van der Waals surface area contributed by atoms with Crippen LogP contribution in [0.4, 0.5) is 0 Å². The number of nitrogens with zero attached hydrogens (tertiary/aromatic N) is 1. The maximum Gasteiger partial charge on any atom is 0.359 e. The van der Waals surface area contributed by atoms with Gasteiger partial charge in [0.2, 0.25) is 5.43 Å². The number of esters is 1. The van der Waals surface area contributed by atoms with Crippen molar-refractivity contribution >= 4 is 5.97 Å². The molecule has 1 aromatic rings. The van der Waals surface area contributed by atoms with E-state index >= 15 is 0 Å². The monoisotopic (exact) mass is 297 g/mol. The van der Waals surface area contributed by atoms with Crippen LogP contribution in [0.2, 0.25) is 0 Å². The summed E-state index contributed by atoms with van der Waals surface area (Å²) >= 11 is 0. The fraction of sp³-hybridized carbons (Fsp3) is 0.571. The topological polar surface area (TPSA) is 98.0 Å². The summed E-state index contributed by atoms with van der Waals surface area (Å²) in [5.74, 6) is -0.793. The Hall–Kier alpha value is -1.86. The summed E-state index contributed by atoms with van der Waals surface area (Å²) in [6.45, 7) is 1.26. The number of hydrogen-bond donors (Lipinski definition) is 2. The van der Waals surface area contributed by atoms with E-state index in [0.717, 1.165) is 12.8 Å². The summed E-state index contributed by atoms with van der Waals surface area (Å²) in [6, 6.07) is 1.25. The Morgan fingerprint density at radius 3 is 2.71 bits per heavy atom. The fourth-order valence-corrected chi connectivity index (χ4v) is 2.19. The number of aromatic nitrogens is 1. The van der Waals surface area contributed by atoms with Gasteiger partial charge < -0.3 is 24.3 Å². The number of fused-ring (bicyclic) bond motifs is 1. The normalized spacial score (nSPS) is 16.2. The second-order valence-electron chi connectivity index (χ2n) is 5.05. The summed E-state index contributed by atoms with van der Waals surface area (Å²) in [4.78, 5) is 23.9. The molecule has 7 nitrogen and oxygen atoms in total. The van der Waals surface area contributed by atoms with Crippen LogP contribution in [0.1, 0.15) is 30.3 Å². The van der Waals surface area contributed by atoms with E-state index in [-0.39, 0.29) is 18.1 Å². The SMILES string of the molecule is CCCCOc1c2n(ccc1=O)C(CO)(CO)COC2=O. The molecule has 0 amide bonds. The second-order valence-corrected chi connectivity index (χ2v) is 5.05. The predicted octanol–water partition coefficient (Wildman–Crippen LogP) is -0.123. The Morgan fingerprint density at radius 2 is 2.10 bits per heavy atom. The minimum absolute atomic E-state index is 0.0621. The van der Waals surface area contributed by atoms with Crippen LogP contribution >= 0.6 is 0 Å². The number of pyridine rings is 1. The molecule has 0 saturated heterocycles. The molecule has 2 N–H and O–H groups in total. The first-order valence-electron chi connectivity index (χ1n) is 6.87. The molecule has 0 atom stereocenters. The zero-order valence-corrected chi connectivity index (χ0v) is 11.9. The number of rotatable bonds is 6. The Kier molecular flexibility index (Phi) is 4.64. The Bertz CT molecular complexity index is 575. The van der Waals surface area contributed by atoms with Crippen molar-refractivity contribution in [2.24, 2.45) is 0 Å². The summed E-state index contributed by atoms with van der Waals surface area (Å²) in [5.41, 5.74) is -1.67. The molecule has 1 aliphatic heterocycles. The molecule has 0 aromatic carbocycles.